The molecule has 112 valence electrons. The van der Waals surface area contributed by atoms with Gasteiger partial charge in [-0.2, -0.15) is 0 Å². The summed E-state index contributed by atoms with van der Waals surface area (Å²) in [5, 5.41) is 3.31. The molecule has 1 aromatic carbocycles. The second kappa shape index (κ2) is 7.29. The second-order valence-electron chi connectivity index (χ2n) is 5.32. The van der Waals surface area contributed by atoms with Gasteiger partial charge in [0.05, 0.1) is 6.61 Å². The maximum absolute atomic E-state index is 11.9. The van der Waals surface area contributed by atoms with E-state index in [4.69, 9.17) is 10.5 Å². The lowest BCUT2D eigenvalue weighted by Gasteiger charge is -2.31. The van der Waals surface area contributed by atoms with Crippen LogP contribution in [0.2, 0.25) is 0 Å². The van der Waals surface area contributed by atoms with Crippen LogP contribution in [0.4, 0.5) is 0 Å². The first-order valence-electron chi connectivity index (χ1n) is 7.25. The zero-order valence-corrected chi connectivity index (χ0v) is 12.9. The van der Waals surface area contributed by atoms with Gasteiger partial charge >= 0.3 is 0 Å². The summed E-state index contributed by atoms with van der Waals surface area (Å²) in [7, 11) is 0. The molecular weight excluding hydrogens is 252 g/mol. The van der Waals surface area contributed by atoms with Crippen molar-refractivity contribution in [3.8, 4) is 5.75 Å². The molecule has 0 spiro atoms. The van der Waals surface area contributed by atoms with Crippen LogP contribution >= 0.6 is 0 Å². The summed E-state index contributed by atoms with van der Waals surface area (Å²) in [5.74, 6) is 0.436. The van der Waals surface area contributed by atoms with Gasteiger partial charge in [-0.05, 0) is 44.4 Å². The van der Waals surface area contributed by atoms with Crippen LogP contribution in [0, 0.1) is 0 Å². The summed E-state index contributed by atoms with van der Waals surface area (Å²) < 4.78 is 5.55. The van der Waals surface area contributed by atoms with Crippen molar-refractivity contribution in [1.29, 1.82) is 0 Å². The molecule has 2 atom stereocenters. The largest absolute Gasteiger partial charge is 0.494 e. The molecule has 0 aliphatic heterocycles. The summed E-state index contributed by atoms with van der Waals surface area (Å²) in [6.45, 7) is 8.69. The van der Waals surface area contributed by atoms with Gasteiger partial charge in [-0.25, -0.2) is 0 Å². The van der Waals surface area contributed by atoms with Gasteiger partial charge in [0, 0.05) is 6.04 Å². The number of hydrogen-bond donors (Lipinski definition) is 2. The van der Waals surface area contributed by atoms with Gasteiger partial charge in [-0.15, -0.1) is 0 Å². The van der Waals surface area contributed by atoms with Crippen LogP contribution in [-0.4, -0.2) is 18.6 Å². The number of hydrogen-bond acceptors (Lipinski definition) is 3. The third kappa shape index (κ3) is 3.97. The molecular formula is C16H26N2O2. The monoisotopic (exact) mass is 278 g/mol. The van der Waals surface area contributed by atoms with Crippen molar-refractivity contribution in [1.82, 2.24) is 5.32 Å². The third-order valence-corrected chi connectivity index (χ3v) is 3.54. The van der Waals surface area contributed by atoms with E-state index in [0.717, 1.165) is 24.2 Å². The SMILES string of the molecule is CCCOc1ccc(C(C)(NC(C)CC)C(N)=O)cc1. The normalized spacial score (nSPS) is 15.4. The number of amides is 1. The van der Waals surface area contributed by atoms with E-state index >= 15 is 0 Å². The maximum atomic E-state index is 11.9. The molecule has 0 aromatic heterocycles. The van der Waals surface area contributed by atoms with Crippen molar-refractivity contribution in [3.05, 3.63) is 29.8 Å². The maximum Gasteiger partial charge on any atom is 0.242 e. The Bertz CT molecular complexity index is 431. The van der Waals surface area contributed by atoms with Crippen molar-refractivity contribution >= 4 is 5.91 Å². The van der Waals surface area contributed by atoms with Crippen LogP contribution in [0.25, 0.3) is 0 Å². The Balaban J connectivity index is 2.94. The number of primary amides is 1. The summed E-state index contributed by atoms with van der Waals surface area (Å²) in [6.07, 6.45) is 1.90. The fourth-order valence-electron chi connectivity index (χ4n) is 2.00. The van der Waals surface area contributed by atoms with Crippen molar-refractivity contribution in [2.24, 2.45) is 5.73 Å². The number of nitrogens with two attached hydrogens (primary N) is 1. The zero-order valence-electron chi connectivity index (χ0n) is 12.9. The van der Waals surface area contributed by atoms with Crippen LogP contribution < -0.4 is 15.8 Å². The standard InChI is InChI=1S/C16H26N2O2/c1-5-11-20-14-9-7-13(8-10-14)16(4,15(17)19)18-12(3)6-2/h7-10,12,18H,5-6,11H2,1-4H3,(H2,17,19). The predicted molar refractivity (Wildman–Crippen MR) is 81.7 cm³/mol. The average molecular weight is 278 g/mol. The Morgan fingerprint density at radius 3 is 2.40 bits per heavy atom. The number of carbonyl (C=O) groups is 1. The molecule has 20 heavy (non-hydrogen) atoms. The molecule has 0 fully saturated rings. The molecule has 0 aliphatic rings. The highest BCUT2D eigenvalue weighted by molar-refractivity contribution is 5.85. The van der Waals surface area contributed by atoms with Crippen LogP contribution in [0.1, 0.15) is 46.1 Å². The van der Waals surface area contributed by atoms with Crippen LogP contribution in [0.15, 0.2) is 24.3 Å². The molecule has 1 rings (SSSR count). The molecule has 1 aromatic rings. The molecule has 0 saturated carbocycles. The lowest BCUT2D eigenvalue weighted by atomic mass is 9.90. The summed E-state index contributed by atoms with van der Waals surface area (Å²) in [6, 6.07) is 7.76. The summed E-state index contributed by atoms with van der Waals surface area (Å²) in [4.78, 5) is 11.9. The Morgan fingerprint density at radius 1 is 1.35 bits per heavy atom. The Labute approximate surface area is 121 Å². The van der Waals surface area contributed by atoms with Gasteiger partial charge in [-0.3, -0.25) is 10.1 Å². The number of nitrogens with one attached hydrogen (secondary N) is 1. The number of benzene rings is 1. The van der Waals surface area contributed by atoms with E-state index in [0.29, 0.717) is 6.61 Å². The van der Waals surface area contributed by atoms with E-state index in [1.165, 1.54) is 0 Å². The van der Waals surface area contributed by atoms with Crippen LogP contribution in [-0.2, 0) is 10.3 Å². The van der Waals surface area contributed by atoms with E-state index in [1.54, 1.807) is 0 Å². The smallest absolute Gasteiger partial charge is 0.242 e. The van der Waals surface area contributed by atoms with Crippen molar-refractivity contribution in [3.63, 3.8) is 0 Å². The first-order chi connectivity index (χ1) is 9.43. The van der Waals surface area contributed by atoms with Crippen LogP contribution in [0.3, 0.4) is 0 Å². The molecule has 0 bridgehead atoms. The molecule has 0 aliphatic carbocycles. The Hall–Kier alpha value is -1.55. The van der Waals surface area contributed by atoms with Crippen LogP contribution in [0.5, 0.6) is 5.75 Å². The number of rotatable bonds is 8. The van der Waals surface area contributed by atoms with E-state index < -0.39 is 5.54 Å². The van der Waals surface area contributed by atoms with Gasteiger partial charge in [0.15, 0.2) is 0 Å². The molecule has 4 heteroatoms. The third-order valence-electron chi connectivity index (χ3n) is 3.54. The van der Waals surface area contributed by atoms with Gasteiger partial charge in [0.1, 0.15) is 11.3 Å². The molecule has 0 saturated heterocycles. The lowest BCUT2D eigenvalue weighted by Crippen LogP contribution is -2.53. The Kier molecular flexibility index (Phi) is 6.02. The topological polar surface area (TPSA) is 64.3 Å². The summed E-state index contributed by atoms with van der Waals surface area (Å²) >= 11 is 0. The minimum absolute atomic E-state index is 0.212. The Morgan fingerprint density at radius 2 is 1.95 bits per heavy atom. The van der Waals surface area contributed by atoms with E-state index in [9.17, 15) is 4.79 Å². The van der Waals surface area contributed by atoms with Crippen molar-refractivity contribution < 1.29 is 9.53 Å². The lowest BCUT2D eigenvalue weighted by molar-refractivity contribution is -0.124. The zero-order chi connectivity index (χ0) is 15.2. The minimum Gasteiger partial charge on any atom is -0.494 e. The molecule has 1 amide bonds. The molecule has 2 unspecified atom stereocenters. The number of ether oxygens (including phenoxy) is 1. The molecule has 0 heterocycles. The highest BCUT2D eigenvalue weighted by Gasteiger charge is 2.33. The second-order valence-corrected chi connectivity index (χ2v) is 5.32. The fourth-order valence-corrected chi connectivity index (χ4v) is 2.00. The van der Waals surface area contributed by atoms with Gasteiger partial charge in [0.2, 0.25) is 5.91 Å². The van der Waals surface area contributed by atoms with E-state index in [1.807, 2.05) is 38.1 Å². The molecule has 0 radical (unpaired) electrons. The van der Waals surface area contributed by atoms with Gasteiger partial charge in [0.25, 0.3) is 0 Å². The predicted octanol–water partition coefficient (Wildman–Crippen LogP) is 2.56. The van der Waals surface area contributed by atoms with E-state index in [2.05, 4.69) is 19.2 Å². The first kappa shape index (κ1) is 16.5. The quantitative estimate of drug-likeness (QED) is 0.768. The highest BCUT2D eigenvalue weighted by atomic mass is 16.5. The molecule has 4 nitrogen and oxygen atoms in total. The van der Waals surface area contributed by atoms with Crippen molar-refractivity contribution in [2.75, 3.05) is 6.61 Å². The highest BCUT2D eigenvalue weighted by Crippen LogP contribution is 2.24. The van der Waals surface area contributed by atoms with Crippen molar-refractivity contribution in [2.45, 2.75) is 52.1 Å². The first-order valence-corrected chi connectivity index (χ1v) is 7.25. The summed E-state index contributed by atoms with van der Waals surface area (Å²) in [5.41, 5.74) is 5.58. The molecule has 3 N–H and O–H groups in total. The minimum atomic E-state index is -0.862. The van der Waals surface area contributed by atoms with Gasteiger partial charge in [-0.1, -0.05) is 26.0 Å². The number of carbonyl (C=O) groups excluding carboxylic acids is 1. The van der Waals surface area contributed by atoms with E-state index in [-0.39, 0.29) is 11.9 Å². The fraction of sp³-hybridized carbons (Fsp3) is 0.562. The average Bonchev–Trinajstić information content (AvgIpc) is 2.45. The van der Waals surface area contributed by atoms with Gasteiger partial charge < -0.3 is 10.5 Å².